The van der Waals surface area contributed by atoms with E-state index in [9.17, 15) is 17.6 Å². The minimum Gasteiger partial charge on any atom is -0.357 e. The Morgan fingerprint density at radius 3 is 2.40 bits per heavy atom. The van der Waals surface area contributed by atoms with Crippen molar-refractivity contribution in [2.45, 2.75) is 26.9 Å². The molecule has 0 radical (unpaired) electrons. The first-order chi connectivity index (χ1) is 11.8. The summed E-state index contributed by atoms with van der Waals surface area (Å²) in [5.74, 6) is -5.41. The van der Waals surface area contributed by atoms with E-state index < -0.39 is 35.4 Å². The Morgan fingerprint density at radius 2 is 1.88 bits per heavy atom. The third kappa shape index (κ3) is 4.68. The molecule has 136 valence electrons. The highest BCUT2D eigenvalue weighted by atomic mass is 32.1. The Kier molecular flexibility index (Phi) is 6.35. The van der Waals surface area contributed by atoms with Crippen molar-refractivity contribution in [2.24, 2.45) is 4.99 Å². The zero-order chi connectivity index (χ0) is 18.6. The highest BCUT2D eigenvalue weighted by molar-refractivity contribution is 7.09. The van der Waals surface area contributed by atoms with E-state index in [-0.39, 0.29) is 6.07 Å². The summed E-state index contributed by atoms with van der Waals surface area (Å²) < 4.78 is 54.0. The largest absolute Gasteiger partial charge is 0.357 e. The minimum atomic E-state index is -1.44. The van der Waals surface area contributed by atoms with Gasteiger partial charge in [-0.3, -0.25) is 0 Å². The Labute approximate surface area is 147 Å². The second-order valence-electron chi connectivity index (χ2n) is 5.33. The second kappa shape index (κ2) is 8.28. The molecule has 0 spiro atoms. The molecule has 2 aromatic rings. The van der Waals surface area contributed by atoms with Crippen LogP contribution >= 0.6 is 11.3 Å². The van der Waals surface area contributed by atoms with E-state index in [4.69, 9.17) is 0 Å². The average molecular weight is 374 g/mol. The van der Waals surface area contributed by atoms with Crippen molar-refractivity contribution in [3.05, 3.63) is 51.0 Å². The Morgan fingerprint density at radius 1 is 1.24 bits per heavy atom. The van der Waals surface area contributed by atoms with Crippen molar-refractivity contribution >= 4 is 17.3 Å². The van der Waals surface area contributed by atoms with E-state index in [1.165, 1.54) is 11.3 Å². The molecular formula is C16H18F4N4S. The van der Waals surface area contributed by atoms with Gasteiger partial charge < -0.3 is 10.2 Å². The third-order valence-corrected chi connectivity index (χ3v) is 4.17. The number of nitrogens with one attached hydrogen (secondary N) is 1. The molecule has 25 heavy (non-hydrogen) atoms. The monoisotopic (exact) mass is 374 g/mol. The van der Waals surface area contributed by atoms with Crippen LogP contribution in [0, 0.1) is 30.2 Å². The highest BCUT2D eigenvalue weighted by Crippen LogP contribution is 2.20. The summed E-state index contributed by atoms with van der Waals surface area (Å²) in [5, 5.41) is 5.79. The molecule has 1 aromatic heterocycles. The molecule has 0 atom stereocenters. The summed E-state index contributed by atoms with van der Waals surface area (Å²) in [6.07, 6.45) is 0. The number of aromatic nitrogens is 1. The second-order valence-corrected chi connectivity index (χ2v) is 6.39. The number of thiazole rings is 1. The zero-order valence-corrected chi connectivity index (χ0v) is 14.9. The number of halogens is 4. The Hall–Kier alpha value is -2.16. The topological polar surface area (TPSA) is 40.5 Å². The van der Waals surface area contributed by atoms with E-state index >= 15 is 0 Å². The first-order valence-corrected chi connectivity index (χ1v) is 8.43. The molecule has 0 saturated heterocycles. The number of aliphatic imine (C=N–C) groups is 1. The summed E-state index contributed by atoms with van der Waals surface area (Å²) in [6, 6.07) is 0.180. The van der Waals surface area contributed by atoms with Crippen LogP contribution in [-0.4, -0.2) is 29.4 Å². The van der Waals surface area contributed by atoms with Crippen molar-refractivity contribution in [1.29, 1.82) is 0 Å². The lowest BCUT2D eigenvalue weighted by Crippen LogP contribution is -2.38. The van der Waals surface area contributed by atoms with Crippen LogP contribution in [0.2, 0.25) is 0 Å². The lowest BCUT2D eigenvalue weighted by atomic mass is 10.2. The molecule has 2 rings (SSSR count). The summed E-state index contributed by atoms with van der Waals surface area (Å²) in [7, 11) is 1.73. The van der Waals surface area contributed by atoms with Crippen LogP contribution in [0.1, 0.15) is 23.2 Å². The van der Waals surface area contributed by atoms with Gasteiger partial charge in [0.25, 0.3) is 0 Å². The molecule has 4 nitrogen and oxygen atoms in total. The molecule has 1 N–H and O–H groups in total. The van der Waals surface area contributed by atoms with Crippen molar-refractivity contribution in [2.75, 3.05) is 13.6 Å². The number of hydrogen-bond donors (Lipinski definition) is 1. The van der Waals surface area contributed by atoms with E-state index in [0.29, 0.717) is 19.0 Å². The molecule has 9 heteroatoms. The third-order valence-electron chi connectivity index (χ3n) is 3.35. The van der Waals surface area contributed by atoms with Gasteiger partial charge in [0, 0.05) is 25.0 Å². The van der Waals surface area contributed by atoms with Crippen molar-refractivity contribution in [3.63, 3.8) is 0 Å². The molecular weight excluding hydrogens is 356 g/mol. The van der Waals surface area contributed by atoms with Crippen LogP contribution in [0.25, 0.3) is 0 Å². The van der Waals surface area contributed by atoms with Gasteiger partial charge in [-0.15, -0.1) is 11.3 Å². The molecule has 0 aliphatic rings. The zero-order valence-electron chi connectivity index (χ0n) is 14.0. The van der Waals surface area contributed by atoms with Gasteiger partial charge in [-0.25, -0.2) is 27.5 Å². The molecule has 0 aliphatic carbocycles. The Balaban J connectivity index is 2.22. The van der Waals surface area contributed by atoms with Crippen LogP contribution in [0.3, 0.4) is 0 Å². The van der Waals surface area contributed by atoms with Crippen LogP contribution in [0.4, 0.5) is 17.6 Å². The van der Waals surface area contributed by atoms with E-state index in [1.807, 2.05) is 19.2 Å². The van der Waals surface area contributed by atoms with Gasteiger partial charge in [-0.1, -0.05) is 0 Å². The maximum Gasteiger partial charge on any atom is 0.194 e. The van der Waals surface area contributed by atoms with Gasteiger partial charge in [0.05, 0.1) is 29.4 Å². The van der Waals surface area contributed by atoms with Gasteiger partial charge in [0.2, 0.25) is 0 Å². The quantitative estimate of drug-likeness (QED) is 0.376. The van der Waals surface area contributed by atoms with E-state index in [1.54, 1.807) is 11.9 Å². The molecule has 0 fully saturated rings. The van der Waals surface area contributed by atoms with E-state index in [0.717, 1.165) is 10.7 Å². The van der Waals surface area contributed by atoms with Gasteiger partial charge in [0.15, 0.2) is 29.2 Å². The van der Waals surface area contributed by atoms with Crippen LogP contribution < -0.4 is 5.32 Å². The van der Waals surface area contributed by atoms with Crippen molar-refractivity contribution < 1.29 is 17.6 Å². The molecule has 0 aliphatic heterocycles. The number of aryl methyl sites for hydroxylation is 1. The fraction of sp³-hybridized carbons (Fsp3) is 0.375. The Bertz CT molecular complexity index is 749. The minimum absolute atomic E-state index is 0.180. The maximum atomic E-state index is 13.7. The molecule has 0 bridgehead atoms. The molecule has 0 amide bonds. The molecule has 1 aromatic carbocycles. The van der Waals surface area contributed by atoms with Gasteiger partial charge >= 0.3 is 0 Å². The predicted molar refractivity (Wildman–Crippen MR) is 89.4 cm³/mol. The van der Waals surface area contributed by atoms with Gasteiger partial charge in [0.1, 0.15) is 0 Å². The first kappa shape index (κ1) is 19.2. The summed E-state index contributed by atoms with van der Waals surface area (Å²) in [4.78, 5) is 10.1. The molecule has 0 saturated carbocycles. The summed E-state index contributed by atoms with van der Waals surface area (Å²) in [5.41, 5.74) is 0.0792. The summed E-state index contributed by atoms with van der Waals surface area (Å²) >= 11 is 1.51. The lowest BCUT2D eigenvalue weighted by molar-refractivity contribution is 0.437. The van der Waals surface area contributed by atoms with Gasteiger partial charge in [-0.2, -0.15) is 0 Å². The highest BCUT2D eigenvalue weighted by Gasteiger charge is 2.19. The normalized spacial score (nSPS) is 11.7. The maximum absolute atomic E-state index is 13.7. The van der Waals surface area contributed by atoms with Crippen LogP contribution in [-0.2, 0) is 13.1 Å². The standard InChI is InChI=1S/C16H18F4N4S/c1-4-21-16(24(3)7-10-8-25-9(2)23-10)22-6-11-14(19)12(17)5-13(18)15(11)20/h5,8H,4,6-7H2,1-3H3,(H,21,22). The first-order valence-electron chi connectivity index (χ1n) is 7.55. The molecule has 0 unspecified atom stereocenters. The van der Waals surface area contributed by atoms with Crippen LogP contribution in [0.5, 0.6) is 0 Å². The van der Waals surface area contributed by atoms with E-state index in [2.05, 4.69) is 15.3 Å². The fourth-order valence-corrected chi connectivity index (χ4v) is 2.79. The average Bonchev–Trinajstić information content (AvgIpc) is 2.96. The SMILES string of the molecule is CCNC(=NCc1c(F)c(F)cc(F)c1F)N(C)Cc1csc(C)n1. The van der Waals surface area contributed by atoms with Gasteiger partial charge in [-0.05, 0) is 13.8 Å². The number of guanidine groups is 1. The molecule has 1 heterocycles. The number of hydrogen-bond acceptors (Lipinski definition) is 3. The smallest absolute Gasteiger partial charge is 0.194 e. The number of benzene rings is 1. The predicted octanol–water partition coefficient (Wildman–Crippen LogP) is 3.61. The summed E-state index contributed by atoms with van der Waals surface area (Å²) in [6.45, 7) is 4.13. The number of nitrogens with zero attached hydrogens (tertiary/aromatic N) is 3. The lowest BCUT2D eigenvalue weighted by Gasteiger charge is -2.21. The number of rotatable bonds is 5. The fourth-order valence-electron chi connectivity index (χ4n) is 2.18. The van der Waals surface area contributed by atoms with Crippen molar-refractivity contribution in [3.8, 4) is 0 Å². The van der Waals surface area contributed by atoms with Crippen molar-refractivity contribution in [1.82, 2.24) is 15.2 Å². The van der Waals surface area contributed by atoms with Crippen LogP contribution in [0.15, 0.2) is 16.4 Å².